The lowest BCUT2D eigenvalue weighted by Gasteiger charge is -2.37. The molecule has 0 spiro atoms. The number of pyridine rings is 1. The summed E-state index contributed by atoms with van der Waals surface area (Å²) in [7, 11) is 0. The van der Waals surface area contributed by atoms with Gasteiger partial charge in [0.1, 0.15) is 17.3 Å². The SMILES string of the molecule is CCOC(=O)C(Cc1ccccc1)NC(=O)C1(NC(=O)c2ccc(C(F)(F)F)nc2)CCNCC1. The molecule has 35 heavy (non-hydrogen) atoms. The lowest BCUT2D eigenvalue weighted by atomic mass is 9.86. The van der Waals surface area contributed by atoms with Crippen LogP contribution in [0.2, 0.25) is 0 Å². The van der Waals surface area contributed by atoms with Gasteiger partial charge in [-0.25, -0.2) is 4.79 Å². The summed E-state index contributed by atoms with van der Waals surface area (Å²) < 4.78 is 43.5. The molecule has 1 unspecified atom stereocenters. The summed E-state index contributed by atoms with van der Waals surface area (Å²) in [5.74, 6) is -1.91. The van der Waals surface area contributed by atoms with E-state index in [1.807, 2.05) is 30.3 Å². The molecular formula is C24H27F3N4O4. The number of hydrogen-bond acceptors (Lipinski definition) is 6. The first-order valence-corrected chi connectivity index (χ1v) is 11.2. The average Bonchev–Trinajstić information content (AvgIpc) is 2.84. The normalized spacial score (nSPS) is 16.1. The van der Waals surface area contributed by atoms with Crippen LogP contribution >= 0.6 is 0 Å². The van der Waals surface area contributed by atoms with Crippen LogP contribution in [0.25, 0.3) is 0 Å². The molecule has 1 aliphatic heterocycles. The number of piperidine rings is 1. The van der Waals surface area contributed by atoms with Gasteiger partial charge in [0.15, 0.2) is 0 Å². The lowest BCUT2D eigenvalue weighted by molar-refractivity contribution is -0.148. The topological polar surface area (TPSA) is 109 Å². The van der Waals surface area contributed by atoms with Crippen molar-refractivity contribution >= 4 is 17.8 Å². The van der Waals surface area contributed by atoms with Crippen LogP contribution in [0, 0.1) is 0 Å². The molecule has 3 rings (SSSR count). The van der Waals surface area contributed by atoms with Crippen molar-refractivity contribution < 1.29 is 32.3 Å². The number of ether oxygens (including phenoxy) is 1. The van der Waals surface area contributed by atoms with Gasteiger partial charge in [-0.3, -0.25) is 14.6 Å². The Hall–Kier alpha value is -3.47. The number of carbonyl (C=O) groups excluding carboxylic acids is 3. The molecule has 2 amide bonds. The van der Waals surface area contributed by atoms with Crippen LogP contribution in [-0.2, 0) is 26.9 Å². The molecule has 1 aliphatic rings. The first-order chi connectivity index (χ1) is 16.6. The standard InChI is InChI=1S/C24H27F3N4O4/c1-2-35-21(33)18(14-16-6-4-3-5-7-16)30-22(34)23(10-12-28-13-11-23)31-20(32)17-8-9-19(29-15-17)24(25,26)27/h3-9,15,18,28H,2,10-14H2,1H3,(H,30,34)(H,31,32). The van der Waals surface area contributed by atoms with Crippen LogP contribution in [0.4, 0.5) is 13.2 Å². The molecule has 2 aromatic rings. The van der Waals surface area contributed by atoms with Crippen molar-refractivity contribution in [2.24, 2.45) is 0 Å². The molecule has 0 saturated carbocycles. The second-order valence-electron chi connectivity index (χ2n) is 8.18. The quantitative estimate of drug-likeness (QED) is 0.488. The third kappa shape index (κ3) is 6.78. The molecule has 0 bridgehead atoms. The van der Waals surface area contributed by atoms with Crippen molar-refractivity contribution in [1.82, 2.24) is 20.9 Å². The lowest BCUT2D eigenvalue weighted by Crippen LogP contribution is -2.64. The number of benzene rings is 1. The van der Waals surface area contributed by atoms with Gasteiger partial charge in [-0.05, 0) is 50.6 Å². The highest BCUT2D eigenvalue weighted by Gasteiger charge is 2.43. The summed E-state index contributed by atoms with van der Waals surface area (Å²) in [6.45, 7) is 2.63. The number of carbonyl (C=O) groups is 3. The summed E-state index contributed by atoms with van der Waals surface area (Å²) >= 11 is 0. The molecule has 2 heterocycles. The monoisotopic (exact) mass is 492 g/mol. The van der Waals surface area contributed by atoms with Gasteiger partial charge in [-0.1, -0.05) is 30.3 Å². The van der Waals surface area contributed by atoms with Crippen molar-refractivity contribution in [3.05, 3.63) is 65.5 Å². The zero-order valence-electron chi connectivity index (χ0n) is 19.2. The van der Waals surface area contributed by atoms with Crippen molar-refractivity contribution in [1.29, 1.82) is 0 Å². The smallest absolute Gasteiger partial charge is 0.433 e. The predicted molar refractivity (Wildman–Crippen MR) is 120 cm³/mol. The van der Waals surface area contributed by atoms with Crippen molar-refractivity contribution in [3.8, 4) is 0 Å². The van der Waals surface area contributed by atoms with Gasteiger partial charge in [-0.15, -0.1) is 0 Å². The third-order valence-electron chi connectivity index (χ3n) is 5.72. The zero-order valence-corrected chi connectivity index (χ0v) is 19.2. The molecule has 11 heteroatoms. The molecule has 1 saturated heterocycles. The van der Waals surface area contributed by atoms with Gasteiger partial charge in [0.05, 0.1) is 12.2 Å². The van der Waals surface area contributed by atoms with E-state index in [0.29, 0.717) is 19.2 Å². The molecule has 8 nitrogen and oxygen atoms in total. The van der Waals surface area contributed by atoms with Gasteiger partial charge in [0.25, 0.3) is 5.91 Å². The Balaban J connectivity index is 1.80. The van der Waals surface area contributed by atoms with Crippen LogP contribution in [0.15, 0.2) is 48.7 Å². The van der Waals surface area contributed by atoms with Crippen molar-refractivity contribution in [3.63, 3.8) is 0 Å². The first kappa shape index (κ1) is 26.1. The van der Waals surface area contributed by atoms with E-state index < -0.39 is 41.2 Å². The zero-order chi connectivity index (χ0) is 25.5. The molecule has 0 aliphatic carbocycles. The van der Waals surface area contributed by atoms with Crippen LogP contribution < -0.4 is 16.0 Å². The van der Waals surface area contributed by atoms with Crippen LogP contribution in [0.5, 0.6) is 0 Å². The van der Waals surface area contributed by atoms with Crippen molar-refractivity contribution in [2.75, 3.05) is 19.7 Å². The number of hydrogen-bond donors (Lipinski definition) is 3. The van der Waals surface area contributed by atoms with E-state index in [1.165, 1.54) is 0 Å². The fourth-order valence-electron chi connectivity index (χ4n) is 3.83. The van der Waals surface area contributed by atoms with Gasteiger partial charge >= 0.3 is 12.1 Å². The molecule has 1 atom stereocenters. The fraction of sp³-hybridized carbons (Fsp3) is 0.417. The first-order valence-electron chi connectivity index (χ1n) is 11.2. The highest BCUT2D eigenvalue weighted by Crippen LogP contribution is 2.27. The van der Waals surface area contributed by atoms with Gasteiger partial charge in [0.2, 0.25) is 5.91 Å². The highest BCUT2D eigenvalue weighted by atomic mass is 19.4. The van der Waals surface area contributed by atoms with Crippen LogP contribution in [0.1, 0.15) is 41.4 Å². The molecule has 0 radical (unpaired) electrons. The Morgan fingerprint density at radius 3 is 2.37 bits per heavy atom. The van der Waals surface area contributed by atoms with E-state index >= 15 is 0 Å². The largest absolute Gasteiger partial charge is 0.464 e. The predicted octanol–water partition coefficient (Wildman–Crippen LogP) is 2.24. The number of nitrogens with one attached hydrogen (secondary N) is 3. The van der Waals surface area contributed by atoms with E-state index in [-0.39, 0.29) is 31.4 Å². The van der Waals surface area contributed by atoms with E-state index in [4.69, 9.17) is 4.74 Å². The summed E-state index contributed by atoms with van der Waals surface area (Å²) in [6, 6.07) is 9.82. The second-order valence-corrected chi connectivity index (χ2v) is 8.18. The number of nitrogens with zero attached hydrogens (tertiary/aromatic N) is 1. The number of halogens is 3. The fourth-order valence-corrected chi connectivity index (χ4v) is 3.83. The van der Waals surface area contributed by atoms with Crippen LogP contribution in [0.3, 0.4) is 0 Å². The maximum absolute atomic E-state index is 13.5. The minimum Gasteiger partial charge on any atom is -0.464 e. The summed E-state index contributed by atoms with van der Waals surface area (Å²) in [6.07, 6.45) is -3.18. The Bertz CT molecular complexity index is 1020. The van der Waals surface area contributed by atoms with E-state index in [1.54, 1.807) is 6.92 Å². The van der Waals surface area contributed by atoms with Crippen molar-refractivity contribution in [2.45, 2.75) is 43.9 Å². The Labute approximate surface area is 200 Å². The van der Waals surface area contributed by atoms with Crippen LogP contribution in [-0.4, -0.2) is 54.0 Å². The second kappa shape index (κ2) is 11.3. The summed E-state index contributed by atoms with van der Waals surface area (Å²) in [4.78, 5) is 42.2. The Morgan fingerprint density at radius 2 is 1.80 bits per heavy atom. The molecule has 3 N–H and O–H groups in total. The number of aromatic nitrogens is 1. The minimum atomic E-state index is -4.63. The van der Waals surface area contributed by atoms with Gasteiger partial charge in [-0.2, -0.15) is 13.2 Å². The van der Waals surface area contributed by atoms with Gasteiger partial charge in [0, 0.05) is 12.6 Å². The van der Waals surface area contributed by atoms with E-state index in [2.05, 4.69) is 20.9 Å². The third-order valence-corrected chi connectivity index (χ3v) is 5.72. The molecule has 1 aromatic heterocycles. The Morgan fingerprint density at radius 1 is 1.11 bits per heavy atom. The molecule has 1 fully saturated rings. The van der Waals surface area contributed by atoms with E-state index in [9.17, 15) is 27.6 Å². The van der Waals surface area contributed by atoms with E-state index in [0.717, 1.165) is 17.8 Å². The minimum absolute atomic E-state index is 0.116. The van der Waals surface area contributed by atoms with Gasteiger partial charge < -0.3 is 20.7 Å². The summed E-state index contributed by atoms with van der Waals surface area (Å²) in [5.41, 5.74) is -1.80. The Kier molecular flexibility index (Phi) is 8.44. The number of rotatable bonds is 8. The molecular weight excluding hydrogens is 465 g/mol. The maximum atomic E-state index is 13.5. The number of alkyl halides is 3. The number of esters is 1. The molecule has 1 aromatic carbocycles. The number of amides is 2. The summed E-state index contributed by atoms with van der Waals surface area (Å²) in [5, 5.41) is 8.52. The average molecular weight is 492 g/mol. The molecule has 188 valence electrons. The maximum Gasteiger partial charge on any atom is 0.433 e. The highest BCUT2D eigenvalue weighted by molar-refractivity contribution is 6.00.